The third-order valence-electron chi connectivity index (χ3n) is 8.60. The maximum atomic E-state index is 11.1. The van der Waals surface area contributed by atoms with E-state index in [-0.39, 0.29) is 17.6 Å². The third-order valence-corrected chi connectivity index (χ3v) is 8.60. The van der Waals surface area contributed by atoms with E-state index in [2.05, 4.69) is 9.80 Å². The van der Waals surface area contributed by atoms with Gasteiger partial charge in [-0.05, 0) is 77.1 Å². The van der Waals surface area contributed by atoms with Crippen molar-refractivity contribution in [2.45, 2.75) is 87.2 Å². The first-order valence-electron chi connectivity index (χ1n) is 14.6. The van der Waals surface area contributed by atoms with Crippen LogP contribution in [0.1, 0.15) is 97.5 Å². The van der Waals surface area contributed by atoms with Crippen molar-refractivity contribution in [3.05, 3.63) is 65.2 Å². The smallest absolute Gasteiger partial charge is 0.150 e. The first kappa shape index (κ1) is 31.3. The number of carbonyl (C=O) groups excluding carboxylic acids is 1. The van der Waals surface area contributed by atoms with Crippen molar-refractivity contribution >= 4 is 6.29 Å². The molecule has 0 bridgehead atoms. The normalized spacial score (nSPS) is 20.1. The van der Waals surface area contributed by atoms with Crippen LogP contribution in [0.5, 0.6) is 5.75 Å². The Morgan fingerprint density at radius 2 is 1.03 bits per heavy atom. The van der Waals surface area contributed by atoms with E-state index in [0.29, 0.717) is 5.56 Å². The van der Waals surface area contributed by atoms with Gasteiger partial charge in [0, 0.05) is 30.5 Å². The number of hydrogen-bond donors (Lipinski definition) is 3. The van der Waals surface area contributed by atoms with E-state index >= 15 is 0 Å². The molecule has 39 heavy (non-hydrogen) atoms. The van der Waals surface area contributed by atoms with Crippen LogP contribution in [0.25, 0.3) is 0 Å². The van der Waals surface area contributed by atoms with Crippen molar-refractivity contribution in [1.29, 1.82) is 0 Å². The number of rotatable bonds is 9. The Bertz CT molecular complexity index is 991. The van der Waals surface area contributed by atoms with Crippen molar-refractivity contribution < 1.29 is 20.1 Å². The van der Waals surface area contributed by atoms with Crippen molar-refractivity contribution in [1.82, 2.24) is 9.80 Å². The molecular formula is C33H50N2O4. The fourth-order valence-corrected chi connectivity index (χ4v) is 6.44. The molecule has 2 saturated carbocycles. The number of phenolic OH excluding ortho intramolecular Hbond substituents is 1. The van der Waals surface area contributed by atoms with Gasteiger partial charge in [-0.15, -0.1) is 0 Å². The molecule has 0 spiro atoms. The highest BCUT2D eigenvalue weighted by Gasteiger charge is 2.39. The standard InChI is InChI=1S/C17H25NO2.C16H25NO2/c1-18(2)12-16(17(20)10-4-3-5-11-17)15-8-6-14(13-19)7-9-15;1-17(2)12-15(13-6-8-14(18)9-7-13)16(19)10-4-3-5-11-16/h6-9,13,16,20H,3-5,10-12H2,1-2H3;6-9,15,18-19H,3-5,10-12H2,1-2H3/t16-;15-/m00/s1. The molecule has 0 saturated heterocycles. The molecule has 2 atom stereocenters. The van der Waals surface area contributed by atoms with Gasteiger partial charge in [0.2, 0.25) is 0 Å². The zero-order chi connectivity index (χ0) is 28.5. The van der Waals surface area contributed by atoms with Gasteiger partial charge in [0.25, 0.3) is 0 Å². The molecule has 216 valence electrons. The number of hydrogen-bond acceptors (Lipinski definition) is 6. The summed E-state index contributed by atoms with van der Waals surface area (Å²) in [5.41, 5.74) is 1.74. The number of aldehydes is 1. The largest absolute Gasteiger partial charge is 0.508 e. The van der Waals surface area contributed by atoms with Crippen LogP contribution in [0.15, 0.2) is 48.5 Å². The average molecular weight is 539 g/mol. The lowest BCUT2D eigenvalue weighted by atomic mass is 9.72. The van der Waals surface area contributed by atoms with E-state index < -0.39 is 11.2 Å². The molecule has 0 heterocycles. The first-order chi connectivity index (χ1) is 18.6. The summed E-state index contributed by atoms with van der Waals surface area (Å²) in [6.45, 7) is 1.66. The molecule has 2 aliphatic rings. The summed E-state index contributed by atoms with van der Waals surface area (Å²) in [6.07, 6.45) is 11.3. The molecule has 2 aliphatic carbocycles. The highest BCUT2D eigenvalue weighted by atomic mass is 16.3. The molecule has 6 nitrogen and oxygen atoms in total. The summed E-state index contributed by atoms with van der Waals surface area (Å²) < 4.78 is 0. The molecule has 2 aromatic carbocycles. The lowest BCUT2D eigenvalue weighted by Crippen LogP contribution is -2.42. The summed E-state index contributed by atoms with van der Waals surface area (Å²) in [6, 6.07) is 15.0. The van der Waals surface area contributed by atoms with Gasteiger partial charge < -0.3 is 25.1 Å². The van der Waals surface area contributed by atoms with Crippen molar-refractivity contribution in [2.75, 3.05) is 41.3 Å². The number of aliphatic hydroxyl groups is 2. The molecular weight excluding hydrogens is 488 g/mol. The van der Waals surface area contributed by atoms with Crippen LogP contribution in [-0.2, 0) is 0 Å². The minimum atomic E-state index is -0.606. The zero-order valence-electron chi connectivity index (χ0n) is 24.5. The number of benzene rings is 2. The number of likely N-dealkylation sites (N-methyl/N-ethyl adjacent to an activating group) is 2. The Kier molecular flexibility index (Phi) is 11.6. The SMILES string of the molecule is CN(C)C[C@@H](c1ccc(C=O)cc1)C1(O)CCCCC1.CN(C)C[C@@H](c1ccc(O)cc1)C1(O)CCCCC1. The highest BCUT2D eigenvalue weighted by molar-refractivity contribution is 5.74. The quantitative estimate of drug-likeness (QED) is 0.362. The highest BCUT2D eigenvalue weighted by Crippen LogP contribution is 2.41. The van der Waals surface area contributed by atoms with E-state index in [9.17, 15) is 20.1 Å². The minimum Gasteiger partial charge on any atom is -0.508 e. The molecule has 0 amide bonds. The van der Waals surface area contributed by atoms with Crippen molar-refractivity contribution in [3.63, 3.8) is 0 Å². The lowest BCUT2D eigenvalue weighted by Gasteiger charge is -2.40. The van der Waals surface area contributed by atoms with Crippen LogP contribution in [-0.4, -0.2) is 83.9 Å². The Morgan fingerprint density at radius 1 is 0.667 bits per heavy atom. The fourth-order valence-electron chi connectivity index (χ4n) is 6.44. The summed E-state index contributed by atoms with van der Waals surface area (Å²) in [7, 11) is 8.16. The topological polar surface area (TPSA) is 84.2 Å². The number of carbonyl (C=O) groups is 1. The number of aromatic hydroxyl groups is 1. The summed E-state index contributed by atoms with van der Waals surface area (Å²) in [5.74, 6) is 0.505. The van der Waals surface area contributed by atoms with Gasteiger partial charge in [-0.2, -0.15) is 0 Å². The van der Waals surface area contributed by atoms with Gasteiger partial charge in [0.15, 0.2) is 0 Å². The van der Waals surface area contributed by atoms with Crippen LogP contribution in [0.4, 0.5) is 0 Å². The Morgan fingerprint density at radius 3 is 1.36 bits per heavy atom. The molecule has 0 aromatic heterocycles. The van der Waals surface area contributed by atoms with E-state index in [1.54, 1.807) is 12.1 Å². The van der Waals surface area contributed by atoms with Gasteiger partial charge in [-0.25, -0.2) is 0 Å². The second kappa shape index (κ2) is 14.4. The molecule has 2 fully saturated rings. The van der Waals surface area contributed by atoms with Crippen LogP contribution in [0.2, 0.25) is 0 Å². The lowest BCUT2D eigenvalue weighted by molar-refractivity contribution is -0.0280. The predicted octanol–water partition coefficient (Wildman–Crippen LogP) is 5.57. The van der Waals surface area contributed by atoms with Gasteiger partial charge >= 0.3 is 0 Å². The zero-order valence-corrected chi connectivity index (χ0v) is 24.5. The third kappa shape index (κ3) is 8.87. The van der Waals surface area contributed by atoms with Crippen molar-refractivity contribution in [2.24, 2.45) is 0 Å². The Hall–Kier alpha value is -2.25. The molecule has 6 heteroatoms. The summed E-state index contributed by atoms with van der Waals surface area (Å²) >= 11 is 0. The average Bonchev–Trinajstić information content (AvgIpc) is 2.92. The minimum absolute atomic E-state index is 0.110. The first-order valence-corrected chi connectivity index (χ1v) is 14.6. The fraction of sp³-hybridized carbons (Fsp3) is 0.606. The second-order valence-corrected chi connectivity index (χ2v) is 12.3. The molecule has 2 aromatic rings. The molecule has 4 rings (SSSR count). The predicted molar refractivity (Wildman–Crippen MR) is 159 cm³/mol. The number of nitrogens with zero attached hydrogens (tertiary/aromatic N) is 2. The van der Waals surface area contributed by atoms with Crippen LogP contribution < -0.4 is 0 Å². The monoisotopic (exact) mass is 538 g/mol. The summed E-state index contributed by atoms with van der Waals surface area (Å²) in [5, 5.41) is 31.5. The van der Waals surface area contributed by atoms with E-state index in [1.165, 1.54) is 12.8 Å². The van der Waals surface area contributed by atoms with E-state index in [1.807, 2.05) is 64.6 Å². The molecule has 0 radical (unpaired) electrons. The van der Waals surface area contributed by atoms with Crippen molar-refractivity contribution in [3.8, 4) is 5.75 Å². The summed E-state index contributed by atoms with van der Waals surface area (Å²) in [4.78, 5) is 15.0. The van der Waals surface area contributed by atoms with E-state index in [0.717, 1.165) is 81.9 Å². The van der Waals surface area contributed by atoms with Crippen LogP contribution in [0.3, 0.4) is 0 Å². The van der Waals surface area contributed by atoms with E-state index in [4.69, 9.17) is 0 Å². The van der Waals surface area contributed by atoms with Crippen LogP contribution >= 0.6 is 0 Å². The Balaban J connectivity index is 0.000000216. The molecule has 0 unspecified atom stereocenters. The molecule has 3 N–H and O–H groups in total. The maximum absolute atomic E-state index is 11.1. The van der Waals surface area contributed by atoms with Gasteiger partial charge in [-0.1, -0.05) is 74.9 Å². The van der Waals surface area contributed by atoms with Gasteiger partial charge in [-0.3, -0.25) is 4.79 Å². The maximum Gasteiger partial charge on any atom is 0.150 e. The molecule has 0 aliphatic heterocycles. The second-order valence-electron chi connectivity index (χ2n) is 12.3. The Labute approximate surface area is 235 Å². The van der Waals surface area contributed by atoms with Gasteiger partial charge in [0.05, 0.1) is 11.2 Å². The number of phenols is 1. The van der Waals surface area contributed by atoms with Gasteiger partial charge in [0.1, 0.15) is 12.0 Å². The van der Waals surface area contributed by atoms with Crippen LogP contribution in [0, 0.1) is 0 Å².